The molecule has 0 aliphatic heterocycles. The first-order valence-corrected chi connectivity index (χ1v) is 7.97. The molecule has 0 fully saturated rings. The topological polar surface area (TPSA) is 43.6 Å². The van der Waals surface area contributed by atoms with Crippen LogP contribution in [0.3, 0.4) is 0 Å². The predicted molar refractivity (Wildman–Crippen MR) is 97.4 cm³/mol. The zero-order valence-electron chi connectivity index (χ0n) is 13.7. The molecule has 0 amide bonds. The van der Waals surface area contributed by atoms with Gasteiger partial charge < -0.3 is 9.14 Å². The molecule has 4 rings (SSSR count). The first kappa shape index (κ1) is 15.1. The Hall–Kier alpha value is -3.40. The number of methoxy groups -OCH3 is 1. The maximum atomic E-state index is 11.5. The number of esters is 1. The van der Waals surface area contributed by atoms with E-state index in [9.17, 15) is 4.79 Å². The molecule has 0 atom stereocenters. The van der Waals surface area contributed by atoms with Crippen LogP contribution in [0.5, 0.6) is 0 Å². The molecule has 0 aliphatic carbocycles. The Labute approximate surface area is 145 Å². The van der Waals surface area contributed by atoms with Crippen molar-refractivity contribution in [3.05, 3.63) is 84.7 Å². The van der Waals surface area contributed by atoms with Crippen molar-refractivity contribution in [3.8, 4) is 22.4 Å². The van der Waals surface area contributed by atoms with Crippen molar-refractivity contribution in [2.45, 2.75) is 0 Å². The zero-order chi connectivity index (χ0) is 17.2. The van der Waals surface area contributed by atoms with Crippen molar-refractivity contribution in [3.63, 3.8) is 0 Å². The number of aromatic nitrogens is 2. The Kier molecular flexibility index (Phi) is 3.78. The lowest BCUT2D eigenvalue weighted by molar-refractivity contribution is 0.0601. The Bertz CT molecular complexity index is 1030. The Balaban J connectivity index is 1.70. The van der Waals surface area contributed by atoms with E-state index in [2.05, 4.69) is 4.98 Å². The summed E-state index contributed by atoms with van der Waals surface area (Å²) < 4.78 is 6.75. The van der Waals surface area contributed by atoms with E-state index in [1.54, 1.807) is 12.1 Å². The Morgan fingerprint density at radius 2 is 1.56 bits per heavy atom. The molecule has 0 saturated carbocycles. The van der Waals surface area contributed by atoms with Gasteiger partial charge in [0.15, 0.2) is 0 Å². The summed E-state index contributed by atoms with van der Waals surface area (Å²) in [6.45, 7) is 0. The third-order valence-corrected chi connectivity index (χ3v) is 4.16. The van der Waals surface area contributed by atoms with Crippen LogP contribution in [-0.2, 0) is 4.74 Å². The van der Waals surface area contributed by atoms with Crippen LogP contribution in [0.1, 0.15) is 10.4 Å². The first-order valence-electron chi connectivity index (χ1n) is 7.97. The molecule has 122 valence electrons. The fourth-order valence-electron chi connectivity index (χ4n) is 2.83. The number of carbonyl (C=O) groups is 1. The number of benzene rings is 2. The van der Waals surface area contributed by atoms with E-state index in [4.69, 9.17) is 4.74 Å². The smallest absolute Gasteiger partial charge is 0.337 e. The molecule has 0 aliphatic rings. The highest BCUT2D eigenvalue weighted by atomic mass is 16.5. The summed E-state index contributed by atoms with van der Waals surface area (Å²) in [5, 5.41) is 0. The van der Waals surface area contributed by atoms with Gasteiger partial charge in [-0.25, -0.2) is 9.78 Å². The van der Waals surface area contributed by atoms with Crippen molar-refractivity contribution in [1.29, 1.82) is 0 Å². The van der Waals surface area contributed by atoms with Gasteiger partial charge in [-0.3, -0.25) is 0 Å². The summed E-state index contributed by atoms with van der Waals surface area (Å²) in [6, 6.07) is 21.5. The number of hydrogen-bond donors (Lipinski definition) is 0. The van der Waals surface area contributed by atoms with E-state index in [0.717, 1.165) is 28.0 Å². The molecule has 0 N–H and O–H groups in total. The highest BCUT2D eigenvalue weighted by molar-refractivity contribution is 5.90. The molecule has 0 radical (unpaired) electrons. The molecule has 4 heteroatoms. The maximum absolute atomic E-state index is 11.5. The number of fused-ring (bicyclic) bond motifs is 1. The highest BCUT2D eigenvalue weighted by Gasteiger charge is 2.07. The summed E-state index contributed by atoms with van der Waals surface area (Å²) in [4.78, 5) is 16.2. The van der Waals surface area contributed by atoms with E-state index in [-0.39, 0.29) is 5.97 Å². The van der Waals surface area contributed by atoms with Gasteiger partial charge in [0.25, 0.3) is 0 Å². The molecule has 0 saturated heterocycles. The van der Waals surface area contributed by atoms with Gasteiger partial charge in [-0.05, 0) is 35.4 Å². The minimum atomic E-state index is -0.330. The standard InChI is InChI=1S/C21H16N2O2/c1-25-21(24)17-9-7-15(8-10-17)18-11-12-20-22-19(14-23(20)13-18)16-5-3-2-4-6-16/h2-14H,1H3. The normalized spacial score (nSPS) is 10.8. The van der Waals surface area contributed by atoms with E-state index in [0.29, 0.717) is 5.56 Å². The predicted octanol–water partition coefficient (Wildman–Crippen LogP) is 4.45. The van der Waals surface area contributed by atoms with E-state index < -0.39 is 0 Å². The maximum Gasteiger partial charge on any atom is 0.337 e. The average molecular weight is 328 g/mol. The van der Waals surface area contributed by atoms with Gasteiger partial charge in [0.2, 0.25) is 0 Å². The molecular weight excluding hydrogens is 312 g/mol. The number of hydrogen-bond acceptors (Lipinski definition) is 3. The van der Waals surface area contributed by atoms with Gasteiger partial charge in [0, 0.05) is 18.0 Å². The van der Waals surface area contributed by atoms with Gasteiger partial charge >= 0.3 is 5.97 Å². The molecule has 2 aromatic carbocycles. The molecule has 2 heterocycles. The van der Waals surface area contributed by atoms with E-state index in [1.807, 2.05) is 71.4 Å². The van der Waals surface area contributed by atoms with Crippen LogP contribution in [0.4, 0.5) is 0 Å². The van der Waals surface area contributed by atoms with Crippen LogP contribution in [-0.4, -0.2) is 22.5 Å². The third-order valence-electron chi connectivity index (χ3n) is 4.16. The second kappa shape index (κ2) is 6.24. The average Bonchev–Trinajstić information content (AvgIpc) is 3.11. The van der Waals surface area contributed by atoms with Gasteiger partial charge in [-0.1, -0.05) is 42.5 Å². The molecule has 2 aromatic heterocycles. The lowest BCUT2D eigenvalue weighted by atomic mass is 10.1. The monoisotopic (exact) mass is 328 g/mol. The van der Waals surface area contributed by atoms with Crippen molar-refractivity contribution in [2.75, 3.05) is 7.11 Å². The number of nitrogens with zero attached hydrogens (tertiary/aromatic N) is 2. The fourth-order valence-corrected chi connectivity index (χ4v) is 2.83. The van der Waals surface area contributed by atoms with Crippen molar-refractivity contribution in [2.24, 2.45) is 0 Å². The summed E-state index contributed by atoms with van der Waals surface area (Å²) in [5.74, 6) is -0.330. The van der Waals surface area contributed by atoms with Crippen molar-refractivity contribution >= 4 is 11.6 Å². The van der Waals surface area contributed by atoms with E-state index >= 15 is 0 Å². The third kappa shape index (κ3) is 2.90. The van der Waals surface area contributed by atoms with Crippen LogP contribution in [0.15, 0.2) is 79.1 Å². The first-order chi connectivity index (χ1) is 12.2. The van der Waals surface area contributed by atoms with E-state index in [1.165, 1.54) is 7.11 Å². The second-order valence-electron chi connectivity index (χ2n) is 5.74. The number of carbonyl (C=O) groups excluding carboxylic acids is 1. The van der Waals surface area contributed by atoms with Crippen LogP contribution >= 0.6 is 0 Å². The summed E-state index contributed by atoms with van der Waals surface area (Å²) in [6.07, 6.45) is 4.07. The zero-order valence-corrected chi connectivity index (χ0v) is 13.7. The lowest BCUT2D eigenvalue weighted by Gasteiger charge is -2.04. The second-order valence-corrected chi connectivity index (χ2v) is 5.74. The Morgan fingerprint density at radius 3 is 2.28 bits per heavy atom. The van der Waals surface area contributed by atoms with Crippen molar-refractivity contribution in [1.82, 2.24) is 9.38 Å². The van der Waals surface area contributed by atoms with Gasteiger partial charge in [0.1, 0.15) is 5.65 Å². The van der Waals surface area contributed by atoms with Crippen LogP contribution < -0.4 is 0 Å². The van der Waals surface area contributed by atoms with Crippen LogP contribution in [0, 0.1) is 0 Å². The summed E-state index contributed by atoms with van der Waals surface area (Å²) >= 11 is 0. The van der Waals surface area contributed by atoms with Gasteiger partial charge in [-0.15, -0.1) is 0 Å². The number of imidazole rings is 1. The van der Waals surface area contributed by atoms with Crippen LogP contribution in [0.2, 0.25) is 0 Å². The minimum absolute atomic E-state index is 0.330. The largest absolute Gasteiger partial charge is 0.465 e. The lowest BCUT2D eigenvalue weighted by Crippen LogP contribution is -2.00. The molecule has 0 unspecified atom stereocenters. The SMILES string of the molecule is COC(=O)c1ccc(-c2ccc3nc(-c4ccccc4)cn3c2)cc1. The molecule has 4 nitrogen and oxygen atoms in total. The quantitative estimate of drug-likeness (QED) is 0.522. The van der Waals surface area contributed by atoms with Gasteiger partial charge in [-0.2, -0.15) is 0 Å². The van der Waals surface area contributed by atoms with Crippen LogP contribution in [0.25, 0.3) is 28.0 Å². The number of pyridine rings is 1. The highest BCUT2D eigenvalue weighted by Crippen LogP contribution is 2.23. The molecule has 0 bridgehead atoms. The molecule has 4 aromatic rings. The Morgan fingerprint density at radius 1 is 0.840 bits per heavy atom. The fraction of sp³-hybridized carbons (Fsp3) is 0.0476. The molecular formula is C21H16N2O2. The molecule has 0 spiro atoms. The minimum Gasteiger partial charge on any atom is -0.465 e. The van der Waals surface area contributed by atoms with Crippen molar-refractivity contribution < 1.29 is 9.53 Å². The summed E-state index contributed by atoms with van der Waals surface area (Å²) in [5.41, 5.74) is 5.56. The van der Waals surface area contributed by atoms with Gasteiger partial charge in [0.05, 0.1) is 18.4 Å². The number of ether oxygens (including phenoxy) is 1. The number of rotatable bonds is 3. The summed E-state index contributed by atoms with van der Waals surface area (Å²) in [7, 11) is 1.38. The molecule has 25 heavy (non-hydrogen) atoms.